The van der Waals surface area contributed by atoms with Gasteiger partial charge in [0.25, 0.3) is 0 Å². The number of hydrogen-bond donors (Lipinski definition) is 1. The first-order valence-corrected chi connectivity index (χ1v) is 11.5. The Morgan fingerprint density at radius 1 is 1.11 bits per heavy atom. The molecule has 0 radical (unpaired) electrons. The summed E-state index contributed by atoms with van der Waals surface area (Å²) in [6.07, 6.45) is -1.00. The van der Waals surface area contributed by atoms with Gasteiger partial charge < -0.3 is 9.84 Å². The third kappa shape index (κ3) is 4.40. The van der Waals surface area contributed by atoms with Gasteiger partial charge in [-0.25, -0.2) is 16.8 Å². The van der Waals surface area contributed by atoms with Gasteiger partial charge in [-0.1, -0.05) is 12.1 Å². The van der Waals surface area contributed by atoms with Crippen LogP contribution in [0, 0.1) is 0 Å². The third-order valence-corrected chi connectivity index (χ3v) is 8.36. The van der Waals surface area contributed by atoms with Gasteiger partial charge in [0.2, 0.25) is 10.0 Å². The van der Waals surface area contributed by atoms with Crippen molar-refractivity contribution in [1.29, 1.82) is 0 Å². The van der Waals surface area contributed by atoms with Crippen LogP contribution < -0.4 is 4.74 Å². The summed E-state index contributed by atoms with van der Waals surface area (Å²) in [6, 6.07) is 4.62. The maximum atomic E-state index is 12.8. The summed E-state index contributed by atoms with van der Waals surface area (Å²) in [5, 5.41) is 9.96. The number of aliphatic hydroxyl groups excluding tert-OH is 1. The van der Waals surface area contributed by atoms with Crippen molar-refractivity contribution in [2.45, 2.75) is 23.7 Å². The predicted octanol–water partition coefficient (Wildman–Crippen LogP) is -0.248. The zero-order chi connectivity index (χ0) is 19.8. The van der Waals surface area contributed by atoms with Crippen molar-refractivity contribution in [1.82, 2.24) is 9.21 Å². The van der Waals surface area contributed by atoms with Crippen LogP contribution in [0.2, 0.25) is 0 Å². The molecular weight excluding hydrogens is 406 g/mol. The van der Waals surface area contributed by atoms with Gasteiger partial charge in [-0.15, -0.1) is 0 Å². The number of piperazine rings is 1. The minimum absolute atomic E-state index is 0.0502. The van der Waals surface area contributed by atoms with Crippen molar-refractivity contribution in [2.24, 2.45) is 0 Å². The average molecular weight is 426 g/mol. The van der Waals surface area contributed by atoms with Crippen molar-refractivity contribution in [3.05, 3.63) is 24.3 Å². The van der Waals surface area contributed by atoms with Crippen LogP contribution in [-0.2, 0) is 19.9 Å². The van der Waals surface area contributed by atoms with E-state index in [0.29, 0.717) is 0 Å². The molecule has 2 atom stereocenters. The van der Waals surface area contributed by atoms with E-state index in [9.17, 15) is 30.7 Å². The SMILES string of the molecule is O=S1(=O)C[C@H](O)[C@@H](N2CCN(S(=O)(=O)c3ccccc3OC(F)F)CC2)C1. The summed E-state index contributed by atoms with van der Waals surface area (Å²) >= 11 is 0. The number of rotatable bonds is 5. The highest BCUT2D eigenvalue weighted by atomic mass is 32.2. The first kappa shape index (κ1) is 20.4. The van der Waals surface area contributed by atoms with Crippen molar-refractivity contribution >= 4 is 19.9 Å². The summed E-state index contributed by atoms with van der Waals surface area (Å²) in [7, 11) is -7.36. The zero-order valence-electron chi connectivity index (χ0n) is 14.2. The summed E-state index contributed by atoms with van der Waals surface area (Å²) in [6.45, 7) is -2.59. The van der Waals surface area contributed by atoms with Crippen LogP contribution in [0.5, 0.6) is 5.75 Å². The Kier molecular flexibility index (Phi) is 5.73. The molecule has 3 rings (SSSR count). The predicted molar refractivity (Wildman–Crippen MR) is 91.9 cm³/mol. The van der Waals surface area contributed by atoms with Crippen molar-refractivity contribution in [3.8, 4) is 5.75 Å². The first-order valence-electron chi connectivity index (χ1n) is 8.27. The molecule has 0 aromatic heterocycles. The number of halogens is 2. The van der Waals surface area contributed by atoms with Crippen LogP contribution in [-0.4, -0.2) is 87.6 Å². The second kappa shape index (κ2) is 7.59. The lowest BCUT2D eigenvalue weighted by molar-refractivity contribution is -0.0518. The lowest BCUT2D eigenvalue weighted by Crippen LogP contribution is -2.54. The van der Waals surface area contributed by atoms with E-state index < -0.39 is 44.4 Å². The second-order valence-electron chi connectivity index (χ2n) is 6.48. The van der Waals surface area contributed by atoms with E-state index in [0.717, 1.165) is 10.4 Å². The molecule has 0 spiro atoms. The molecule has 0 bridgehead atoms. The van der Waals surface area contributed by atoms with Crippen molar-refractivity contribution < 1.29 is 35.5 Å². The first-order chi connectivity index (χ1) is 12.6. The number of hydrogen-bond acceptors (Lipinski definition) is 7. The Hall–Kier alpha value is -1.34. The van der Waals surface area contributed by atoms with Gasteiger partial charge in [0.15, 0.2) is 9.84 Å². The highest BCUT2D eigenvalue weighted by molar-refractivity contribution is 7.91. The minimum Gasteiger partial charge on any atom is -0.433 e. The maximum absolute atomic E-state index is 12.8. The average Bonchev–Trinajstić information content (AvgIpc) is 2.87. The number of aliphatic hydroxyl groups is 1. The van der Waals surface area contributed by atoms with E-state index >= 15 is 0 Å². The number of sulfonamides is 1. The molecule has 0 aliphatic carbocycles. The monoisotopic (exact) mass is 426 g/mol. The van der Waals surface area contributed by atoms with Gasteiger partial charge in [-0.2, -0.15) is 13.1 Å². The smallest absolute Gasteiger partial charge is 0.387 e. The number of sulfone groups is 1. The van der Waals surface area contributed by atoms with Crippen molar-refractivity contribution in [2.75, 3.05) is 37.7 Å². The van der Waals surface area contributed by atoms with Crippen LogP contribution >= 0.6 is 0 Å². The Morgan fingerprint density at radius 2 is 1.74 bits per heavy atom. The third-order valence-electron chi connectivity index (χ3n) is 4.72. The Morgan fingerprint density at radius 3 is 2.30 bits per heavy atom. The standard InChI is InChI=1S/C15H20F2N2O6S2/c16-15(17)25-13-3-1-2-4-14(13)27(23,24)19-7-5-18(6-8-19)11-9-26(21,22)10-12(11)20/h1-4,11-12,15,20H,5-10H2/t11-,12-/m0/s1. The molecule has 2 saturated heterocycles. The van der Waals surface area contributed by atoms with E-state index in [1.807, 2.05) is 0 Å². The summed E-state index contributed by atoms with van der Waals surface area (Å²) in [4.78, 5) is 1.41. The molecule has 2 heterocycles. The molecule has 8 nitrogen and oxygen atoms in total. The lowest BCUT2D eigenvalue weighted by atomic mass is 10.1. The van der Waals surface area contributed by atoms with Crippen LogP contribution in [0.15, 0.2) is 29.2 Å². The largest absolute Gasteiger partial charge is 0.433 e. The van der Waals surface area contributed by atoms with Gasteiger partial charge in [-0.05, 0) is 12.1 Å². The summed E-state index contributed by atoms with van der Waals surface area (Å²) in [5.74, 6) is -0.882. The van der Waals surface area contributed by atoms with Gasteiger partial charge >= 0.3 is 6.61 Å². The molecule has 0 saturated carbocycles. The molecule has 0 amide bonds. The molecule has 1 aromatic rings. The van der Waals surface area contributed by atoms with Gasteiger partial charge in [-0.3, -0.25) is 4.90 Å². The van der Waals surface area contributed by atoms with E-state index in [-0.39, 0.29) is 42.6 Å². The number of nitrogens with zero attached hydrogens (tertiary/aromatic N) is 2. The zero-order valence-corrected chi connectivity index (χ0v) is 15.9. The molecule has 1 N–H and O–H groups in total. The van der Waals surface area contributed by atoms with E-state index in [2.05, 4.69) is 4.74 Å². The molecule has 2 aliphatic heterocycles. The quantitative estimate of drug-likeness (QED) is 0.693. The van der Waals surface area contributed by atoms with Crippen LogP contribution in [0.1, 0.15) is 0 Å². The second-order valence-corrected chi connectivity index (χ2v) is 10.5. The minimum atomic E-state index is -4.05. The fraction of sp³-hybridized carbons (Fsp3) is 0.600. The van der Waals surface area contributed by atoms with Gasteiger partial charge in [0.05, 0.1) is 23.7 Å². The fourth-order valence-corrected chi connectivity index (χ4v) is 6.81. The summed E-state index contributed by atoms with van der Waals surface area (Å²) in [5.41, 5.74) is 0. The maximum Gasteiger partial charge on any atom is 0.387 e. The lowest BCUT2D eigenvalue weighted by Gasteiger charge is -2.38. The molecule has 27 heavy (non-hydrogen) atoms. The highest BCUT2D eigenvalue weighted by Crippen LogP contribution is 2.29. The molecule has 2 fully saturated rings. The van der Waals surface area contributed by atoms with E-state index in [1.54, 1.807) is 4.90 Å². The molecular formula is C15H20F2N2O6S2. The molecule has 12 heteroatoms. The van der Waals surface area contributed by atoms with E-state index in [4.69, 9.17) is 0 Å². The number of alkyl halides is 2. The molecule has 152 valence electrons. The fourth-order valence-electron chi connectivity index (χ4n) is 3.43. The number of para-hydroxylation sites is 1. The van der Waals surface area contributed by atoms with E-state index in [1.165, 1.54) is 18.2 Å². The molecule has 0 unspecified atom stereocenters. The summed E-state index contributed by atoms with van der Waals surface area (Å²) < 4.78 is 79.5. The molecule has 2 aliphatic rings. The normalized spacial score (nSPS) is 27.1. The molecule has 1 aromatic carbocycles. The van der Waals surface area contributed by atoms with Crippen molar-refractivity contribution in [3.63, 3.8) is 0 Å². The number of ether oxygens (including phenoxy) is 1. The Bertz CT molecular complexity index is 885. The van der Waals surface area contributed by atoms with Gasteiger partial charge in [0, 0.05) is 26.2 Å². The number of benzene rings is 1. The topological polar surface area (TPSA) is 104 Å². The highest BCUT2D eigenvalue weighted by Gasteiger charge is 2.42. The van der Waals surface area contributed by atoms with Crippen LogP contribution in [0.3, 0.4) is 0 Å². The Labute approximate surface area is 156 Å². The van der Waals surface area contributed by atoms with Crippen LogP contribution in [0.25, 0.3) is 0 Å². The van der Waals surface area contributed by atoms with Crippen LogP contribution in [0.4, 0.5) is 8.78 Å². The van der Waals surface area contributed by atoms with Gasteiger partial charge in [0.1, 0.15) is 10.6 Å². The Balaban J connectivity index is 1.72.